The molecule has 36 heavy (non-hydrogen) atoms. The van der Waals surface area contributed by atoms with Gasteiger partial charge in [0, 0.05) is 58.1 Å². The fourth-order valence-electron chi connectivity index (χ4n) is 3.84. The fraction of sp³-hybridized carbons (Fsp3) is 0.308. The first-order valence-electron chi connectivity index (χ1n) is 11.6. The normalized spacial score (nSPS) is 16.8. The van der Waals surface area contributed by atoms with E-state index in [1.807, 2.05) is 32.0 Å². The molecule has 0 fully saturated rings. The molecule has 1 atom stereocenters. The number of Topliss-reactive ketones (excluding diaryl/α,β-unsaturated/α-hetero) is 2. The van der Waals surface area contributed by atoms with Crippen LogP contribution in [0.15, 0.2) is 57.8 Å². The maximum absolute atomic E-state index is 13.2. The molecular weight excluding hydrogens is 496 g/mol. The van der Waals surface area contributed by atoms with Gasteiger partial charge in [-0.15, -0.1) is 22.7 Å². The van der Waals surface area contributed by atoms with Crippen LogP contribution < -0.4 is 5.43 Å². The second-order valence-electron chi connectivity index (χ2n) is 8.64. The third-order valence-electron chi connectivity index (χ3n) is 5.72. The number of rotatable bonds is 8. The predicted octanol–water partition coefficient (Wildman–Crippen LogP) is 4.47. The zero-order valence-corrected chi connectivity index (χ0v) is 21.7. The molecule has 0 saturated heterocycles. The Kier molecular flexibility index (Phi) is 8.17. The first kappa shape index (κ1) is 25.6. The number of thiophene rings is 2. The smallest absolute Gasteiger partial charge is 0.270 e. The molecule has 2 aromatic rings. The number of aliphatic imine (C=N–C) groups is 2. The molecule has 0 saturated carbocycles. The summed E-state index contributed by atoms with van der Waals surface area (Å²) in [7, 11) is 0. The second-order valence-corrected chi connectivity index (χ2v) is 11.2. The molecule has 2 amide bonds. The van der Waals surface area contributed by atoms with Crippen molar-refractivity contribution in [2.45, 2.75) is 39.5 Å². The van der Waals surface area contributed by atoms with Crippen molar-refractivity contribution in [3.05, 3.63) is 67.3 Å². The molecule has 0 bridgehead atoms. The van der Waals surface area contributed by atoms with Gasteiger partial charge in [0.05, 0.1) is 9.75 Å². The van der Waals surface area contributed by atoms with E-state index in [4.69, 9.17) is 0 Å². The third-order valence-corrected chi connectivity index (χ3v) is 7.80. The molecule has 1 unspecified atom stereocenters. The molecule has 186 valence electrons. The molecule has 2 aliphatic heterocycles. The standard InChI is InChI=1S/C26H26N4O4S2/c1-16-5-7-23(35-16)21(31)11-18-10-20(14-28-12-18)25(33)29-30(26(34)19-4-3-9-27-13-19)15-22(32)24-8-6-17(2)36-24/h5-9,12-14,18H,3-4,10-11,15H2,1-2H3,(H,29,33). The Morgan fingerprint density at radius 3 is 2.22 bits per heavy atom. The predicted molar refractivity (Wildman–Crippen MR) is 142 cm³/mol. The molecule has 0 aromatic carbocycles. The van der Waals surface area contributed by atoms with Gasteiger partial charge in [0.25, 0.3) is 11.8 Å². The van der Waals surface area contributed by atoms with E-state index in [9.17, 15) is 19.2 Å². The van der Waals surface area contributed by atoms with Crippen LogP contribution in [0.2, 0.25) is 0 Å². The Labute approximate surface area is 217 Å². The van der Waals surface area contributed by atoms with Crippen LogP contribution in [0, 0.1) is 19.8 Å². The monoisotopic (exact) mass is 522 g/mol. The van der Waals surface area contributed by atoms with Gasteiger partial charge >= 0.3 is 0 Å². The van der Waals surface area contributed by atoms with E-state index in [1.54, 1.807) is 18.5 Å². The minimum atomic E-state index is -0.528. The van der Waals surface area contributed by atoms with Crippen molar-refractivity contribution in [2.75, 3.05) is 6.54 Å². The lowest BCUT2D eigenvalue weighted by molar-refractivity contribution is -0.136. The number of carbonyl (C=O) groups excluding carboxylic acids is 4. The molecule has 8 nitrogen and oxygen atoms in total. The van der Waals surface area contributed by atoms with E-state index in [0.717, 1.165) is 14.8 Å². The number of ketones is 2. The Bertz CT molecular complexity index is 1310. The van der Waals surface area contributed by atoms with Crippen LogP contribution >= 0.6 is 22.7 Å². The van der Waals surface area contributed by atoms with Gasteiger partial charge < -0.3 is 0 Å². The molecule has 1 N–H and O–H groups in total. The Morgan fingerprint density at radius 2 is 1.61 bits per heavy atom. The highest BCUT2D eigenvalue weighted by molar-refractivity contribution is 7.14. The summed E-state index contributed by atoms with van der Waals surface area (Å²) in [6.07, 6.45) is 7.90. The molecule has 0 aliphatic carbocycles. The number of aryl methyl sites for hydroxylation is 2. The molecule has 0 spiro atoms. The van der Waals surface area contributed by atoms with Crippen molar-refractivity contribution < 1.29 is 19.2 Å². The summed E-state index contributed by atoms with van der Waals surface area (Å²) in [6.45, 7) is 3.54. The summed E-state index contributed by atoms with van der Waals surface area (Å²) in [6, 6.07) is 7.27. The molecule has 4 rings (SSSR count). The van der Waals surface area contributed by atoms with E-state index in [1.165, 1.54) is 35.1 Å². The van der Waals surface area contributed by atoms with Crippen LogP contribution in [-0.2, 0) is 9.59 Å². The van der Waals surface area contributed by atoms with E-state index < -0.39 is 11.8 Å². The zero-order valence-electron chi connectivity index (χ0n) is 20.0. The van der Waals surface area contributed by atoms with Gasteiger partial charge in [-0.25, -0.2) is 5.01 Å². The highest BCUT2D eigenvalue weighted by Crippen LogP contribution is 2.24. The van der Waals surface area contributed by atoms with E-state index in [2.05, 4.69) is 15.4 Å². The number of carbonyl (C=O) groups is 4. The molecule has 2 aliphatic rings. The van der Waals surface area contributed by atoms with Crippen LogP contribution in [0.3, 0.4) is 0 Å². The maximum atomic E-state index is 13.2. The SMILES string of the molecule is Cc1ccc(C(=O)CC2C=NC=C(C(=O)NN(CC(=O)c3ccc(C)s3)C(=O)C3=CN=CCC3)C2)s1. The van der Waals surface area contributed by atoms with E-state index in [0.29, 0.717) is 40.2 Å². The summed E-state index contributed by atoms with van der Waals surface area (Å²) in [4.78, 5) is 63.3. The summed E-state index contributed by atoms with van der Waals surface area (Å²) in [5.41, 5.74) is 3.36. The van der Waals surface area contributed by atoms with Crippen molar-refractivity contribution in [3.63, 3.8) is 0 Å². The van der Waals surface area contributed by atoms with Crippen molar-refractivity contribution in [3.8, 4) is 0 Å². The molecule has 2 aromatic heterocycles. The Morgan fingerprint density at radius 1 is 0.944 bits per heavy atom. The van der Waals surface area contributed by atoms with Crippen molar-refractivity contribution in [2.24, 2.45) is 15.9 Å². The second kappa shape index (κ2) is 11.5. The average molecular weight is 523 g/mol. The molecular formula is C26H26N4O4S2. The quantitative estimate of drug-likeness (QED) is 0.408. The van der Waals surface area contributed by atoms with Gasteiger partial charge in [-0.05, 0) is 57.4 Å². The summed E-state index contributed by atoms with van der Waals surface area (Å²) in [5, 5.41) is 1.06. The van der Waals surface area contributed by atoms with Crippen molar-refractivity contribution >= 4 is 58.5 Å². The lowest BCUT2D eigenvalue weighted by Gasteiger charge is -2.25. The number of amides is 2. The average Bonchev–Trinajstić information content (AvgIpc) is 3.52. The van der Waals surface area contributed by atoms with Gasteiger partial charge in [0.15, 0.2) is 11.6 Å². The number of nitrogens with one attached hydrogen (secondary N) is 1. The Balaban J connectivity index is 1.44. The number of hydrazine groups is 1. The van der Waals surface area contributed by atoms with Crippen LogP contribution in [-0.4, -0.2) is 47.4 Å². The third kappa shape index (κ3) is 6.38. The highest BCUT2D eigenvalue weighted by Gasteiger charge is 2.27. The number of nitrogens with zero attached hydrogens (tertiary/aromatic N) is 3. The van der Waals surface area contributed by atoms with Gasteiger partial charge in [0.1, 0.15) is 6.54 Å². The fourth-order valence-corrected chi connectivity index (χ4v) is 5.46. The van der Waals surface area contributed by atoms with E-state index >= 15 is 0 Å². The van der Waals surface area contributed by atoms with Crippen LogP contribution in [0.5, 0.6) is 0 Å². The topological polar surface area (TPSA) is 108 Å². The summed E-state index contributed by atoms with van der Waals surface area (Å²) >= 11 is 2.78. The summed E-state index contributed by atoms with van der Waals surface area (Å²) < 4.78 is 0. The van der Waals surface area contributed by atoms with Crippen molar-refractivity contribution in [1.82, 2.24) is 10.4 Å². The van der Waals surface area contributed by atoms with Crippen LogP contribution in [0.25, 0.3) is 0 Å². The maximum Gasteiger partial charge on any atom is 0.270 e. The molecule has 0 radical (unpaired) electrons. The molecule has 4 heterocycles. The van der Waals surface area contributed by atoms with Gasteiger partial charge in [0.2, 0.25) is 0 Å². The van der Waals surface area contributed by atoms with Crippen LogP contribution in [0.4, 0.5) is 0 Å². The first-order valence-corrected chi connectivity index (χ1v) is 13.2. The van der Waals surface area contributed by atoms with Crippen molar-refractivity contribution in [1.29, 1.82) is 0 Å². The lowest BCUT2D eigenvalue weighted by Crippen LogP contribution is -2.50. The number of hydrogen-bond donors (Lipinski definition) is 1. The highest BCUT2D eigenvalue weighted by atomic mass is 32.1. The zero-order chi connectivity index (χ0) is 25.7. The van der Waals surface area contributed by atoms with Gasteiger partial charge in [-0.2, -0.15) is 0 Å². The van der Waals surface area contributed by atoms with Gasteiger partial charge in [-0.1, -0.05) is 0 Å². The Hall–Kier alpha value is -3.50. The first-order chi connectivity index (χ1) is 17.3. The molecule has 10 heteroatoms. The minimum Gasteiger partial charge on any atom is -0.293 e. The minimum absolute atomic E-state index is 0.00430. The van der Waals surface area contributed by atoms with Gasteiger partial charge in [-0.3, -0.25) is 34.6 Å². The van der Waals surface area contributed by atoms with E-state index in [-0.39, 0.29) is 30.4 Å². The van der Waals surface area contributed by atoms with Crippen LogP contribution in [0.1, 0.15) is 54.8 Å². The summed E-state index contributed by atoms with van der Waals surface area (Å²) in [5.74, 6) is -1.50. The number of hydrogen-bond acceptors (Lipinski definition) is 8. The largest absolute Gasteiger partial charge is 0.293 e. The lowest BCUT2D eigenvalue weighted by atomic mass is 9.93.